The van der Waals surface area contributed by atoms with E-state index in [4.69, 9.17) is 12.8 Å². The summed E-state index contributed by atoms with van der Waals surface area (Å²) in [6.45, 7) is -1.64. The quantitative estimate of drug-likeness (QED) is 0.113. The van der Waals surface area contributed by atoms with Crippen LogP contribution < -0.4 is 10.6 Å². The Bertz CT molecular complexity index is 1380. The molecular weight excluding hydrogens is 673 g/mol. The number of nitrogens with one attached hydrogen (secondary N) is 2. The number of benzene rings is 1. The second-order valence-electron chi connectivity index (χ2n) is 13.3. The van der Waals surface area contributed by atoms with Crippen molar-refractivity contribution in [2.24, 2.45) is 11.8 Å². The van der Waals surface area contributed by atoms with Crippen LogP contribution in [0.5, 0.6) is 0 Å². The van der Waals surface area contributed by atoms with Crippen molar-refractivity contribution in [3.63, 3.8) is 0 Å². The lowest BCUT2D eigenvalue weighted by atomic mass is 9.82. The van der Waals surface area contributed by atoms with E-state index in [0.29, 0.717) is 24.8 Å². The molecule has 0 spiro atoms. The van der Waals surface area contributed by atoms with E-state index < -0.39 is 70.5 Å². The highest BCUT2D eigenvalue weighted by atomic mass is 32.2. The number of carbonyl (C=O) groups is 2. The maximum Gasteiger partial charge on any atom is 0.401 e. The zero-order chi connectivity index (χ0) is 37.3. The Morgan fingerprint density at radius 1 is 1.00 bits per heavy atom. The van der Waals surface area contributed by atoms with Gasteiger partial charge in [0, 0.05) is 33.0 Å². The summed E-state index contributed by atoms with van der Waals surface area (Å²) in [7, 11) is -1.68. The summed E-state index contributed by atoms with van der Waals surface area (Å²) in [6, 6.07) is 6.55. The van der Waals surface area contributed by atoms with Crippen LogP contribution in [0.4, 0.5) is 13.2 Å². The summed E-state index contributed by atoms with van der Waals surface area (Å²) in [5, 5.41) is 27.3. The summed E-state index contributed by atoms with van der Waals surface area (Å²) in [5.74, 6) is 1.79. The van der Waals surface area contributed by atoms with Gasteiger partial charge in [0.25, 0.3) is 0 Å². The Labute approximate surface area is 295 Å². The Morgan fingerprint density at radius 2 is 1.66 bits per heavy atom. The topological polar surface area (TPSA) is 139 Å². The molecule has 0 radical (unpaired) electrons. The molecule has 50 heavy (non-hydrogen) atoms. The second kappa shape index (κ2) is 21.3. The summed E-state index contributed by atoms with van der Waals surface area (Å²) in [5.41, 5.74) is 0.655. The number of alkyl halides is 3. The third kappa shape index (κ3) is 15.8. The average Bonchev–Trinajstić information content (AvgIpc) is 3.06. The molecule has 5 atom stereocenters. The number of amides is 2. The van der Waals surface area contributed by atoms with Gasteiger partial charge in [0.2, 0.25) is 21.8 Å². The fraction of sp³-hybridized carbons (Fsp3) is 0.667. The van der Waals surface area contributed by atoms with Gasteiger partial charge in [0.1, 0.15) is 6.04 Å². The third-order valence-corrected chi connectivity index (χ3v) is 11.0. The molecule has 1 aliphatic carbocycles. The first-order valence-electron chi connectivity index (χ1n) is 17.1. The maximum atomic E-state index is 13.8. The highest BCUT2D eigenvalue weighted by molar-refractivity contribution is 7.89. The van der Waals surface area contributed by atoms with E-state index in [0.717, 1.165) is 41.3 Å². The highest BCUT2D eigenvalue weighted by Crippen LogP contribution is 2.29. The monoisotopic (exact) mass is 726 g/mol. The second-order valence-corrected chi connectivity index (χ2v) is 15.4. The zero-order valence-corrected chi connectivity index (χ0v) is 29.9. The molecule has 1 aliphatic rings. The maximum absolute atomic E-state index is 13.8. The first-order valence-corrected chi connectivity index (χ1v) is 18.7. The van der Waals surface area contributed by atoms with Crippen LogP contribution in [0.25, 0.3) is 0 Å². The van der Waals surface area contributed by atoms with Crippen LogP contribution in [0.2, 0.25) is 0 Å². The molecule has 2 rings (SSSR count). The molecule has 10 nitrogen and oxygen atoms in total. The average molecular weight is 727 g/mol. The highest BCUT2D eigenvalue weighted by Gasteiger charge is 2.35. The lowest BCUT2D eigenvalue weighted by Gasteiger charge is -2.33. The molecule has 0 unspecified atom stereocenters. The van der Waals surface area contributed by atoms with Crippen molar-refractivity contribution in [1.82, 2.24) is 19.8 Å². The number of hydrogen-bond donors (Lipinski definition) is 4. The summed E-state index contributed by atoms with van der Waals surface area (Å²) in [6.07, 6.45) is 10.3. The van der Waals surface area contributed by atoms with Crippen LogP contribution in [0.15, 0.2) is 30.3 Å². The number of rotatable bonds is 21. The van der Waals surface area contributed by atoms with Crippen LogP contribution in [0.3, 0.4) is 0 Å². The van der Waals surface area contributed by atoms with Crippen molar-refractivity contribution in [3.05, 3.63) is 35.9 Å². The van der Waals surface area contributed by atoms with Gasteiger partial charge in [-0.2, -0.15) is 13.2 Å². The molecule has 1 aromatic carbocycles. The van der Waals surface area contributed by atoms with E-state index >= 15 is 0 Å². The van der Waals surface area contributed by atoms with E-state index in [1.807, 2.05) is 0 Å². The van der Waals surface area contributed by atoms with Gasteiger partial charge < -0.3 is 20.8 Å². The minimum atomic E-state index is -4.44. The number of aliphatic hydroxyl groups is 2. The molecule has 0 bridgehead atoms. The van der Waals surface area contributed by atoms with Crippen molar-refractivity contribution in [2.45, 2.75) is 101 Å². The molecule has 1 aromatic rings. The number of terminal acetylenes is 2. The molecular formula is C36H53F3N4O6S. The SMILES string of the molecule is C#CCCC[C@H](O)[C@H](O)[C@H](CC1CCCCC1)NC(=O)[C@H](CC#C)NC(=O)[C@@H](Cc1ccccc1)CS(=O)(=O)N(C)CCN(C)CC(F)(F)F. The van der Waals surface area contributed by atoms with Gasteiger partial charge in [0.05, 0.1) is 36.5 Å². The van der Waals surface area contributed by atoms with Crippen LogP contribution in [0.1, 0.15) is 69.8 Å². The van der Waals surface area contributed by atoms with Crippen molar-refractivity contribution >= 4 is 21.8 Å². The van der Waals surface area contributed by atoms with Gasteiger partial charge in [-0.3, -0.25) is 14.5 Å². The van der Waals surface area contributed by atoms with Gasteiger partial charge in [-0.1, -0.05) is 62.4 Å². The minimum Gasteiger partial charge on any atom is -0.390 e. The molecule has 14 heteroatoms. The Morgan fingerprint density at radius 3 is 2.26 bits per heavy atom. The molecule has 1 saturated carbocycles. The fourth-order valence-corrected chi connectivity index (χ4v) is 7.55. The van der Waals surface area contributed by atoms with E-state index in [9.17, 15) is 41.4 Å². The molecule has 0 aromatic heterocycles. The molecule has 0 heterocycles. The number of unbranched alkanes of at least 4 members (excludes halogenated alkanes) is 1. The molecule has 0 saturated heterocycles. The van der Waals surface area contributed by atoms with Crippen molar-refractivity contribution in [3.8, 4) is 24.7 Å². The van der Waals surface area contributed by atoms with Gasteiger partial charge in [-0.25, -0.2) is 12.7 Å². The predicted octanol–water partition coefficient (Wildman–Crippen LogP) is 3.09. The number of halogens is 3. The largest absolute Gasteiger partial charge is 0.401 e. The van der Waals surface area contributed by atoms with Gasteiger partial charge in [-0.15, -0.1) is 24.7 Å². The standard InChI is InChI=1S/C36H53F3N4O6S/c1-5-7-10-20-32(44)33(45)31(24-28-18-13-9-14-19-28)41-35(47)30(15-6-2)40-34(46)29(23-27-16-11-8-12-17-27)25-50(48,49)43(4)22-21-42(3)26-36(37,38)39/h1-2,8,11-12,16-17,28-33,44-45H,7,9-10,13-15,18-26H2,3-4H3,(H,40,46)(H,41,47)/t29-,30-,31-,32-,33+/m0/s1. The molecule has 0 aliphatic heterocycles. The summed E-state index contributed by atoms with van der Waals surface area (Å²) >= 11 is 0. The van der Waals surface area contributed by atoms with Gasteiger partial charge in [-0.05, 0) is 44.2 Å². The van der Waals surface area contributed by atoms with E-state index in [2.05, 4.69) is 22.5 Å². The van der Waals surface area contributed by atoms with Crippen molar-refractivity contribution in [2.75, 3.05) is 39.5 Å². The summed E-state index contributed by atoms with van der Waals surface area (Å²) in [4.78, 5) is 28.4. The van der Waals surface area contributed by atoms with Crippen LogP contribution in [-0.4, -0.2) is 110 Å². The predicted molar refractivity (Wildman–Crippen MR) is 187 cm³/mol. The van der Waals surface area contributed by atoms with E-state index in [1.165, 1.54) is 14.1 Å². The lowest BCUT2D eigenvalue weighted by molar-refractivity contribution is -0.143. The minimum absolute atomic E-state index is 0.00895. The Hall–Kier alpha value is -3.14. The van der Waals surface area contributed by atoms with Crippen LogP contribution in [0, 0.1) is 36.5 Å². The number of hydrogen-bond acceptors (Lipinski definition) is 7. The van der Waals surface area contributed by atoms with E-state index in [-0.39, 0.29) is 38.3 Å². The number of nitrogens with zero attached hydrogens (tertiary/aromatic N) is 2. The molecule has 2 amide bonds. The van der Waals surface area contributed by atoms with Crippen LogP contribution >= 0.6 is 0 Å². The van der Waals surface area contributed by atoms with Gasteiger partial charge >= 0.3 is 6.18 Å². The Balaban J connectivity index is 2.25. The van der Waals surface area contributed by atoms with Crippen molar-refractivity contribution in [1.29, 1.82) is 0 Å². The van der Waals surface area contributed by atoms with Gasteiger partial charge in [0.15, 0.2) is 0 Å². The zero-order valence-electron chi connectivity index (χ0n) is 29.1. The Kier molecular flexibility index (Phi) is 18.3. The fourth-order valence-electron chi connectivity index (χ4n) is 6.16. The lowest BCUT2D eigenvalue weighted by Crippen LogP contribution is -2.56. The normalized spacial score (nSPS) is 17.3. The molecule has 1 fully saturated rings. The molecule has 280 valence electrons. The summed E-state index contributed by atoms with van der Waals surface area (Å²) < 4.78 is 66.0. The number of likely N-dealkylation sites (N-methyl/N-ethyl adjacent to an activating group) is 2. The first-order chi connectivity index (χ1) is 23.6. The van der Waals surface area contributed by atoms with Crippen molar-refractivity contribution < 1.29 is 41.4 Å². The molecule has 4 N–H and O–H groups in total. The number of sulfonamides is 1. The van der Waals surface area contributed by atoms with Crippen LogP contribution in [-0.2, 0) is 26.0 Å². The smallest absolute Gasteiger partial charge is 0.390 e. The van der Waals surface area contributed by atoms with E-state index in [1.54, 1.807) is 30.3 Å². The number of carbonyl (C=O) groups excluding carboxylic acids is 2. The third-order valence-electron chi connectivity index (χ3n) is 9.05. The number of aliphatic hydroxyl groups excluding tert-OH is 2. The first kappa shape index (κ1) is 43.0.